The van der Waals surface area contributed by atoms with Crippen LogP contribution in [-0.2, 0) is 6.54 Å². The van der Waals surface area contributed by atoms with Crippen LogP contribution in [0, 0.1) is 10.1 Å². The second kappa shape index (κ2) is 8.16. The molecule has 2 aromatic carbocycles. The maximum Gasteiger partial charge on any atom is 0.293 e. The van der Waals surface area contributed by atoms with E-state index in [2.05, 4.69) is 10.6 Å². The zero-order valence-electron chi connectivity index (χ0n) is 15.6. The predicted molar refractivity (Wildman–Crippen MR) is 108 cm³/mol. The molecule has 0 atom stereocenters. The normalized spacial score (nSPS) is 15.3. The van der Waals surface area contributed by atoms with Gasteiger partial charge in [0.15, 0.2) is 11.5 Å². The molecule has 1 fully saturated rings. The number of fused-ring (bicyclic) bond motifs is 1. The third kappa shape index (κ3) is 4.54. The monoisotopic (exact) mass is 417 g/mol. The van der Waals surface area contributed by atoms with Gasteiger partial charge in [-0.25, -0.2) is 0 Å². The van der Waals surface area contributed by atoms with Crippen molar-refractivity contribution < 1.29 is 19.2 Å². The Morgan fingerprint density at radius 3 is 2.76 bits per heavy atom. The van der Waals surface area contributed by atoms with Crippen LogP contribution >= 0.6 is 11.6 Å². The fourth-order valence-electron chi connectivity index (χ4n) is 3.05. The zero-order chi connectivity index (χ0) is 20.4. The van der Waals surface area contributed by atoms with Gasteiger partial charge in [0.05, 0.1) is 23.2 Å². The number of nitro groups is 1. The standard InChI is InChI=1S/C20H20ClN3O5/c21-15-8-12(9-18-19(15)29-7-1-6-28-18)11-22-16-5-2-13(10-17(16)24(26)27)20(25)23-14-3-4-14/h2,5,8-10,14,22H,1,3-4,6-7,11H2,(H,23,25). The summed E-state index contributed by atoms with van der Waals surface area (Å²) >= 11 is 6.30. The highest BCUT2D eigenvalue weighted by molar-refractivity contribution is 6.32. The van der Waals surface area contributed by atoms with Crippen molar-refractivity contribution in [2.24, 2.45) is 0 Å². The van der Waals surface area contributed by atoms with Crippen LogP contribution < -0.4 is 20.1 Å². The Bertz CT molecular complexity index is 961. The van der Waals surface area contributed by atoms with Gasteiger partial charge in [-0.15, -0.1) is 0 Å². The fourth-order valence-corrected chi connectivity index (χ4v) is 3.34. The van der Waals surface area contributed by atoms with Crippen molar-refractivity contribution in [1.29, 1.82) is 0 Å². The van der Waals surface area contributed by atoms with Gasteiger partial charge in [-0.3, -0.25) is 14.9 Å². The van der Waals surface area contributed by atoms with E-state index in [0.29, 0.717) is 42.0 Å². The van der Waals surface area contributed by atoms with Crippen LogP contribution in [0.4, 0.5) is 11.4 Å². The number of anilines is 1. The molecule has 2 N–H and O–H groups in total. The molecule has 4 rings (SSSR count). The van der Waals surface area contributed by atoms with E-state index in [0.717, 1.165) is 24.8 Å². The Hall–Kier alpha value is -3.00. The molecule has 29 heavy (non-hydrogen) atoms. The van der Waals surface area contributed by atoms with Crippen LogP contribution in [0.15, 0.2) is 30.3 Å². The molecule has 2 aromatic rings. The largest absolute Gasteiger partial charge is 0.489 e. The number of nitrogens with one attached hydrogen (secondary N) is 2. The molecule has 152 valence electrons. The number of nitrogens with zero attached hydrogens (tertiary/aromatic N) is 1. The highest BCUT2D eigenvalue weighted by atomic mass is 35.5. The molecule has 9 heteroatoms. The summed E-state index contributed by atoms with van der Waals surface area (Å²) in [5, 5.41) is 17.8. The first-order valence-corrected chi connectivity index (χ1v) is 9.80. The number of halogens is 1. The molecule has 0 spiro atoms. The number of amides is 1. The Morgan fingerprint density at radius 1 is 1.21 bits per heavy atom. The molecule has 0 radical (unpaired) electrons. The lowest BCUT2D eigenvalue weighted by Crippen LogP contribution is -2.25. The molecule has 8 nitrogen and oxygen atoms in total. The SMILES string of the molecule is O=C(NC1CC1)c1ccc(NCc2cc(Cl)c3c(c2)OCCCO3)c([N+](=O)[O-])c1. The molecule has 0 unspecified atom stereocenters. The van der Waals surface area contributed by atoms with Gasteiger partial charge in [0.25, 0.3) is 11.6 Å². The van der Waals surface area contributed by atoms with Crippen molar-refractivity contribution in [3.05, 3.63) is 56.6 Å². The van der Waals surface area contributed by atoms with Gasteiger partial charge in [0.2, 0.25) is 0 Å². The minimum atomic E-state index is -0.503. The number of carbonyl (C=O) groups excluding carboxylic acids is 1. The summed E-state index contributed by atoms with van der Waals surface area (Å²) in [5.41, 5.74) is 1.23. The lowest BCUT2D eigenvalue weighted by Gasteiger charge is -2.13. The first-order valence-electron chi connectivity index (χ1n) is 9.42. The molecule has 1 saturated carbocycles. The van der Waals surface area contributed by atoms with Gasteiger partial charge < -0.3 is 20.1 Å². The summed E-state index contributed by atoms with van der Waals surface area (Å²) in [5.74, 6) is 0.787. The lowest BCUT2D eigenvalue weighted by atomic mass is 10.1. The summed E-state index contributed by atoms with van der Waals surface area (Å²) in [4.78, 5) is 23.2. The van der Waals surface area contributed by atoms with Gasteiger partial charge in [-0.2, -0.15) is 0 Å². The smallest absolute Gasteiger partial charge is 0.293 e. The van der Waals surface area contributed by atoms with Crippen molar-refractivity contribution in [3.8, 4) is 11.5 Å². The predicted octanol–water partition coefficient (Wildman–Crippen LogP) is 3.91. The molecule has 0 bridgehead atoms. The first-order chi connectivity index (χ1) is 14.0. The average molecular weight is 418 g/mol. The van der Waals surface area contributed by atoms with Gasteiger partial charge >= 0.3 is 0 Å². The van der Waals surface area contributed by atoms with Crippen molar-refractivity contribution >= 4 is 28.9 Å². The van der Waals surface area contributed by atoms with E-state index >= 15 is 0 Å². The quantitative estimate of drug-likeness (QED) is 0.545. The second-order valence-electron chi connectivity index (χ2n) is 7.05. The summed E-state index contributed by atoms with van der Waals surface area (Å²) < 4.78 is 11.3. The van der Waals surface area contributed by atoms with E-state index in [1.54, 1.807) is 18.2 Å². The van der Waals surface area contributed by atoms with Crippen LogP contribution in [0.5, 0.6) is 11.5 Å². The van der Waals surface area contributed by atoms with E-state index in [9.17, 15) is 14.9 Å². The summed E-state index contributed by atoms with van der Waals surface area (Å²) in [6.45, 7) is 1.37. The number of benzene rings is 2. The number of ether oxygens (including phenoxy) is 2. The van der Waals surface area contributed by atoms with Crippen LogP contribution in [0.2, 0.25) is 5.02 Å². The van der Waals surface area contributed by atoms with Crippen LogP contribution in [0.1, 0.15) is 35.2 Å². The molecule has 1 amide bonds. The van der Waals surface area contributed by atoms with Gasteiger partial charge in [-0.1, -0.05) is 11.6 Å². The van der Waals surface area contributed by atoms with E-state index in [4.69, 9.17) is 21.1 Å². The minimum absolute atomic E-state index is 0.158. The number of hydrogen-bond acceptors (Lipinski definition) is 6. The topological polar surface area (TPSA) is 103 Å². The van der Waals surface area contributed by atoms with E-state index in [1.807, 2.05) is 6.07 Å². The highest BCUT2D eigenvalue weighted by Gasteiger charge is 2.25. The van der Waals surface area contributed by atoms with Gasteiger partial charge in [-0.05, 0) is 42.7 Å². The number of nitro benzene ring substituents is 1. The zero-order valence-corrected chi connectivity index (χ0v) is 16.3. The van der Waals surface area contributed by atoms with Gasteiger partial charge in [0, 0.05) is 30.6 Å². The number of carbonyl (C=O) groups is 1. The van der Waals surface area contributed by atoms with Crippen LogP contribution in [0.25, 0.3) is 0 Å². The van der Waals surface area contributed by atoms with Crippen molar-refractivity contribution in [1.82, 2.24) is 5.32 Å². The van der Waals surface area contributed by atoms with Crippen molar-refractivity contribution in [2.75, 3.05) is 18.5 Å². The Labute approximate surface area is 172 Å². The summed E-state index contributed by atoms with van der Waals surface area (Å²) in [6, 6.07) is 8.15. The molecular weight excluding hydrogens is 398 g/mol. The Balaban J connectivity index is 1.51. The van der Waals surface area contributed by atoms with E-state index in [-0.39, 0.29) is 23.2 Å². The molecule has 1 aliphatic heterocycles. The van der Waals surface area contributed by atoms with Crippen LogP contribution in [0.3, 0.4) is 0 Å². The molecular formula is C20H20ClN3O5. The molecule has 1 heterocycles. The first kappa shape index (κ1) is 19.3. The minimum Gasteiger partial charge on any atom is -0.489 e. The number of rotatable bonds is 6. The third-order valence-electron chi connectivity index (χ3n) is 4.71. The van der Waals surface area contributed by atoms with E-state index < -0.39 is 4.92 Å². The molecule has 0 aromatic heterocycles. The summed E-state index contributed by atoms with van der Waals surface area (Å²) in [7, 11) is 0. The van der Waals surface area contributed by atoms with Crippen molar-refractivity contribution in [3.63, 3.8) is 0 Å². The third-order valence-corrected chi connectivity index (χ3v) is 4.99. The Kier molecular flexibility index (Phi) is 5.44. The molecule has 0 saturated heterocycles. The van der Waals surface area contributed by atoms with Gasteiger partial charge in [0.1, 0.15) is 5.69 Å². The van der Waals surface area contributed by atoms with Crippen LogP contribution in [-0.4, -0.2) is 30.1 Å². The fraction of sp³-hybridized carbons (Fsp3) is 0.350. The summed E-state index contributed by atoms with van der Waals surface area (Å²) in [6.07, 6.45) is 2.67. The van der Waals surface area contributed by atoms with Crippen molar-refractivity contribution in [2.45, 2.75) is 31.8 Å². The molecule has 2 aliphatic rings. The molecule has 1 aliphatic carbocycles. The average Bonchev–Trinajstić information content (AvgIpc) is 3.53. The lowest BCUT2D eigenvalue weighted by molar-refractivity contribution is -0.384. The Morgan fingerprint density at radius 2 is 2.00 bits per heavy atom. The van der Waals surface area contributed by atoms with E-state index in [1.165, 1.54) is 6.07 Å². The maximum absolute atomic E-state index is 12.2. The maximum atomic E-state index is 12.2. The number of hydrogen-bond donors (Lipinski definition) is 2. The second-order valence-corrected chi connectivity index (χ2v) is 7.45. The highest BCUT2D eigenvalue weighted by Crippen LogP contribution is 2.38.